The molecule has 0 aromatic heterocycles. The number of allylic oxidation sites excluding steroid dienone is 6. The molecule has 1 aliphatic carbocycles. The van der Waals surface area contributed by atoms with E-state index < -0.39 is 0 Å². The number of nitrogens with zero attached hydrogens (tertiary/aromatic N) is 1. The number of aliphatic hydroxyl groups is 1. The maximum absolute atomic E-state index is 8.75. The Hall–Kier alpha value is -1.15. The van der Waals surface area contributed by atoms with Gasteiger partial charge >= 0.3 is 0 Å². The highest BCUT2D eigenvalue weighted by atomic mass is 16.3. The second-order valence-electron chi connectivity index (χ2n) is 7.09. The van der Waals surface area contributed by atoms with E-state index in [1.54, 1.807) is 5.57 Å². The van der Waals surface area contributed by atoms with Gasteiger partial charge in [-0.05, 0) is 63.9 Å². The van der Waals surface area contributed by atoms with Crippen molar-refractivity contribution in [1.29, 1.82) is 0 Å². The first-order valence-corrected chi connectivity index (χ1v) is 8.52. The minimum absolute atomic E-state index is 0.138. The quantitative estimate of drug-likeness (QED) is 0.505. The minimum atomic E-state index is 0.138. The van der Waals surface area contributed by atoms with Crippen LogP contribution >= 0.6 is 0 Å². The Kier molecular flexibility index (Phi) is 7.81. The second-order valence-corrected chi connectivity index (χ2v) is 7.09. The highest BCUT2D eigenvalue weighted by Crippen LogP contribution is 2.40. The molecule has 1 aliphatic rings. The molecular formula is C20H33NO. The first kappa shape index (κ1) is 18.9. The van der Waals surface area contributed by atoms with Gasteiger partial charge in [-0.15, -0.1) is 0 Å². The summed E-state index contributed by atoms with van der Waals surface area (Å²) in [5.74, 6) is 0. The molecule has 0 amide bonds. The lowest BCUT2D eigenvalue weighted by Gasteiger charge is -2.32. The molecule has 0 saturated heterocycles. The van der Waals surface area contributed by atoms with Crippen molar-refractivity contribution >= 4 is 5.71 Å². The molecule has 2 nitrogen and oxygen atoms in total. The van der Waals surface area contributed by atoms with Crippen LogP contribution in [-0.2, 0) is 0 Å². The molecule has 0 bridgehead atoms. The highest BCUT2D eigenvalue weighted by Gasteiger charge is 2.26. The van der Waals surface area contributed by atoms with E-state index in [4.69, 9.17) is 5.11 Å². The van der Waals surface area contributed by atoms with Crippen LogP contribution in [0, 0.1) is 5.41 Å². The molecule has 0 spiro atoms. The van der Waals surface area contributed by atoms with E-state index in [0.717, 1.165) is 18.6 Å². The lowest BCUT2D eigenvalue weighted by molar-refractivity contribution is 0.307. The van der Waals surface area contributed by atoms with Crippen molar-refractivity contribution in [3.63, 3.8) is 0 Å². The number of aliphatic hydroxyl groups excluding tert-OH is 1. The summed E-state index contributed by atoms with van der Waals surface area (Å²) >= 11 is 0. The van der Waals surface area contributed by atoms with E-state index in [1.165, 1.54) is 30.4 Å². The van der Waals surface area contributed by atoms with Crippen LogP contribution in [-0.4, -0.2) is 24.0 Å². The maximum atomic E-state index is 8.75. The smallest absolute Gasteiger partial charge is 0.0626 e. The molecule has 0 aromatic carbocycles. The summed E-state index contributed by atoms with van der Waals surface area (Å²) in [4.78, 5) is 4.30. The topological polar surface area (TPSA) is 32.6 Å². The van der Waals surface area contributed by atoms with E-state index in [9.17, 15) is 0 Å². The van der Waals surface area contributed by atoms with E-state index in [0.29, 0.717) is 12.0 Å². The molecule has 0 unspecified atom stereocenters. The Balaban J connectivity index is 2.60. The van der Waals surface area contributed by atoms with Gasteiger partial charge in [-0.25, -0.2) is 0 Å². The number of aliphatic imine (C=N–C) groups is 1. The average molecular weight is 303 g/mol. The molecule has 0 heterocycles. The summed E-state index contributed by atoms with van der Waals surface area (Å²) in [7, 11) is 0. The predicted molar refractivity (Wildman–Crippen MR) is 97.5 cm³/mol. The minimum Gasteiger partial charge on any atom is -0.394 e. The second kappa shape index (κ2) is 9.09. The van der Waals surface area contributed by atoms with Gasteiger partial charge in [0.15, 0.2) is 0 Å². The fraction of sp³-hybridized carbons (Fsp3) is 0.650. The zero-order chi connectivity index (χ0) is 16.6. The van der Waals surface area contributed by atoms with E-state index in [2.05, 4.69) is 50.9 Å². The Morgan fingerprint density at radius 2 is 2.05 bits per heavy atom. The summed E-state index contributed by atoms with van der Waals surface area (Å²) < 4.78 is 0. The van der Waals surface area contributed by atoms with Crippen molar-refractivity contribution in [1.82, 2.24) is 0 Å². The number of rotatable bonds is 7. The molecule has 0 aliphatic heterocycles. The van der Waals surface area contributed by atoms with Crippen molar-refractivity contribution in [3.8, 4) is 0 Å². The van der Waals surface area contributed by atoms with Crippen LogP contribution in [0.25, 0.3) is 0 Å². The monoisotopic (exact) mass is 303 g/mol. The molecule has 0 radical (unpaired) electrons. The van der Waals surface area contributed by atoms with Crippen LogP contribution in [0.1, 0.15) is 66.7 Å². The molecule has 22 heavy (non-hydrogen) atoms. The largest absolute Gasteiger partial charge is 0.394 e. The summed E-state index contributed by atoms with van der Waals surface area (Å²) in [6, 6.07) is 0. The van der Waals surface area contributed by atoms with Gasteiger partial charge in [-0.1, -0.05) is 43.2 Å². The summed E-state index contributed by atoms with van der Waals surface area (Å²) in [6.07, 6.45) is 12.7. The molecule has 2 heteroatoms. The lowest BCUT2D eigenvalue weighted by Crippen LogP contribution is -2.19. The van der Waals surface area contributed by atoms with Gasteiger partial charge in [-0.3, -0.25) is 4.99 Å². The SMILES string of the molecule is CC1=C(/C=C/C(C)=C/CC/C(C)=N/CCO)C(C)(C)CCC1. The van der Waals surface area contributed by atoms with Crippen LogP contribution in [0.15, 0.2) is 39.9 Å². The van der Waals surface area contributed by atoms with Crippen molar-refractivity contribution in [2.24, 2.45) is 10.4 Å². The van der Waals surface area contributed by atoms with Gasteiger partial charge in [0.1, 0.15) is 0 Å². The van der Waals surface area contributed by atoms with Gasteiger partial charge in [0.25, 0.3) is 0 Å². The first-order chi connectivity index (χ1) is 10.4. The molecule has 124 valence electrons. The van der Waals surface area contributed by atoms with Gasteiger partial charge in [0.2, 0.25) is 0 Å². The van der Waals surface area contributed by atoms with Crippen LogP contribution in [0.5, 0.6) is 0 Å². The van der Waals surface area contributed by atoms with Crippen LogP contribution in [0.3, 0.4) is 0 Å². The molecule has 0 saturated carbocycles. The Morgan fingerprint density at radius 3 is 2.68 bits per heavy atom. The predicted octanol–water partition coefficient (Wildman–Crippen LogP) is 5.25. The van der Waals surface area contributed by atoms with Gasteiger partial charge in [-0.2, -0.15) is 0 Å². The maximum Gasteiger partial charge on any atom is 0.0626 e. The lowest BCUT2D eigenvalue weighted by atomic mass is 9.72. The molecule has 0 atom stereocenters. The van der Waals surface area contributed by atoms with Crippen molar-refractivity contribution in [3.05, 3.63) is 34.9 Å². The normalized spacial score (nSPS) is 20.1. The van der Waals surface area contributed by atoms with Gasteiger partial charge in [0.05, 0.1) is 13.2 Å². The molecule has 1 N–H and O–H groups in total. The van der Waals surface area contributed by atoms with E-state index in [-0.39, 0.29) is 6.61 Å². The third kappa shape index (κ3) is 6.31. The summed E-state index contributed by atoms with van der Waals surface area (Å²) in [6.45, 7) is 11.9. The molecule has 0 fully saturated rings. The van der Waals surface area contributed by atoms with E-state index in [1.807, 2.05) is 6.92 Å². The van der Waals surface area contributed by atoms with Crippen molar-refractivity contribution < 1.29 is 5.11 Å². The van der Waals surface area contributed by atoms with Crippen molar-refractivity contribution in [2.75, 3.05) is 13.2 Å². The molecule has 0 aromatic rings. The van der Waals surface area contributed by atoms with Gasteiger partial charge in [0, 0.05) is 5.71 Å². The fourth-order valence-electron chi connectivity index (χ4n) is 3.12. The Morgan fingerprint density at radius 1 is 1.32 bits per heavy atom. The zero-order valence-electron chi connectivity index (χ0n) is 15.1. The Labute approximate surface area is 136 Å². The standard InChI is InChI=1S/C20H33NO/c1-16(8-6-10-18(3)21-14-15-22)11-12-19-17(2)9-7-13-20(19,4)5/h8,11-12,22H,6-7,9-10,13-15H2,1-5H3/b12-11+,16-8+,21-18+. The summed E-state index contributed by atoms with van der Waals surface area (Å²) in [5.41, 5.74) is 5.82. The van der Waals surface area contributed by atoms with Crippen LogP contribution in [0.2, 0.25) is 0 Å². The van der Waals surface area contributed by atoms with Crippen molar-refractivity contribution in [2.45, 2.75) is 66.7 Å². The first-order valence-electron chi connectivity index (χ1n) is 8.52. The van der Waals surface area contributed by atoms with Gasteiger partial charge < -0.3 is 5.11 Å². The van der Waals surface area contributed by atoms with Crippen LogP contribution in [0.4, 0.5) is 0 Å². The van der Waals surface area contributed by atoms with Crippen LogP contribution < -0.4 is 0 Å². The molecular weight excluding hydrogens is 270 g/mol. The fourth-order valence-corrected chi connectivity index (χ4v) is 3.12. The molecule has 1 rings (SSSR count). The Bertz CT molecular complexity index is 478. The third-order valence-electron chi connectivity index (χ3n) is 4.51. The average Bonchev–Trinajstić information content (AvgIpc) is 2.43. The number of hydrogen-bond donors (Lipinski definition) is 1. The summed E-state index contributed by atoms with van der Waals surface area (Å²) in [5, 5.41) is 8.75. The third-order valence-corrected chi connectivity index (χ3v) is 4.51. The number of hydrogen-bond acceptors (Lipinski definition) is 2. The highest BCUT2D eigenvalue weighted by molar-refractivity contribution is 5.81. The zero-order valence-corrected chi connectivity index (χ0v) is 15.1. The van der Waals surface area contributed by atoms with E-state index >= 15 is 0 Å².